The van der Waals surface area contributed by atoms with Crippen LogP contribution in [-0.2, 0) is 16.0 Å². The summed E-state index contributed by atoms with van der Waals surface area (Å²) in [6.07, 6.45) is 4.69. The summed E-state index contributed by atoms with van der Waals surface area (Å²) in [5, 5.41) is 1.05. The van der Waals surface area contributed by atoms with E-state index < -0.39 is 23.7 Å². The molecule has 0 unspecified atom stereocenters. The van der Waals surface area contributed by atoms with Crippen LogP contribution in [0.15, 0.2) is 67.4 Å². The Morgan fingerprint density at radius 3 is 2.48 bits per heavy atom. The smallest absolute Gasteiger partial charge is 0.421 e. The number of fused-ring (bicyclic) bond motifs is 2. The summed E-state index contributed by atoms with van der Waals surface area (Å²) < 4.78 is 13.0. The molecule has 1 aromatic heterocycles. The van der Waals surface area contributed by atoms with Crippen molar-refractivity contribution in [3.8, 4) is 5.75 Å². The van der Waals surface area contributed by atoms with Gasteiger partial charge in [-0.05, 0) is 90.0 Å². The van der Waals surface area contributed by atoms with E-state index >= 15 is 0 Å². The Kier molecular flexibility index (Phi) is 9.27. The number of imide groups is 1. The van der Waals surface area contributed by atoms with E-state index in [2.05, 4.69) is 17.5 Å². The van der Waals surface area contributed by atoms with Gasteiger partial charge in [-0.3, -0.25) is 14.3 Å². The fourth-order valence-corrected chi connectivity index (χ4v) is 6.62. The van der Waals surface area contributed by atoms with Crippen LogP contribution in [0.25, 0.3) is 10.9 Å². The molecule has 2 amide bonds. The van der Waals surface area contributed by atoms with Crippen LogP contribution in [-0.4, -0.2) is 89.3 Å². The number of ether oxygens (including phenoxy) is 2. The number of likely N-dealkylation sites (tertiary alicyclic amines) is 1. The highest BCUT2D eigenvalue weighted by molar-refractivity contribution is 5.96. The lowest BCUT2D eigenvalue weighted by Gasteiger charge is -2.47. The van der Waals surface area contributed by atoms with Gasteiger partial charge in [0.25, 0.3) is 0 Å². The van der Waals surface area contributed by atoms with Gasteiger partial charge in [0.1, 0.15) is 11.4 Å². The first kappa shape index (κ1) is 31.5. The molecule has 0 bridgehead atoms. The Balaban J connectivity index is 1.46. The molecule has 1 aliphatic carbocycles. The van der Waals surface area contributed by atoms with Crippen molar-refractivity contribution in [3.63, 3.8) is 0 Å². The van der Waals surface area contributed by atoms with Crippen LogP contribution in [0.3, 0.4) is 0 Å². The number of piperidine rings is 1. The summed E-state index contributed by atoms with van der Waals surface area (Å²) in [6, 6.07) is 15.0. The van der Waals surface area contributed by atoms with Crippen molar-refractivity contribution in [3.05, 3.63) is 78.5 Å². The zero-order valence-corrected chi connectivity index (χ0v) is 26.5. The molecule has 2 heterocycles. The van der Waals surface area contributed by atoms with Crippen molar-refractivity contribution < 1.29 is 23.9 Å². The number of nitrogens with zero attached hydrogens (tertiary/aromatic N) is 4. The fourth-order valence-electron chi connectivity index (χ4n) is 6.62. The third-order valence-corrected chi connectivity index (χ3v) is 8.42. The maximum absolute atomic E-state index is 14.2. The van der Waals surface area contributed by atoms with E-state index in [1.807, 2.05) is 70.2 Å². The van der Waals surface area contributed by atoms with Gasteiger partial charge in [0.05, 0.1) is 11.4 Å². The molecule has 9 heteroatoms. The molecule has 9 nitrogen and oxygen atoms in total. The van der Waals surface area contributed by atoms with Crippen molar-refractivity contribution >= 4 is 29.0 Å². The van der Waals surface area contributed by atoms with E-state index in [0.29, 0.717) is 31.7 Å². The first-order chi connectivity index (χ1) is 21.0. The Bertz CT molecular complexity index is 1520. The molecule has 2 aliphatic rings. The van der Waals surface area contributed by atoms with E-state index in [-0.39, 0.29) is 24.4 Å². The molecule has 0 spiro atoms. The lowest BCUT2D eigenvalue weighted by atomic mass is 9.72. The van der Waals surface area contributed by atoms with Crippen LogP contribution in [0.1, 0.15) is 50.7 Å². The molecule has 1 aliphatic heterocycles. The standard InChI is InChI=1S/C35H44N4O5/c1-7-17-37-22-25(32(40)38(19-12-18-36(5)6)33(41)43-26-13-9-8-10-14-26)20-28-27-15-11-16-29-31(27)24(21-30(28)37)23-39(29)34(42)44-35(2,3)4/h7-11,13-16,23,25,28,30H,1,12,17-22H2,2-6H3/t25-,28-,30-/m1/s1. The van der Waals surface area contributed by atoms with Gasteiger partial charge in [0.15, 0.2) is 0 Å². The number of rotatable bonds is 8. The average Bonchev–Trinajstić information content (AvgIpc) is 3.35. The lowest BCUT2D eigenvalue weighted by Crippen LogP contribution is -2.54. The van der Waals surface area contributed by atoms with E-state index in [4.69, 9.17) is 9.47 Å². The van der Waals surface area contributed by atoms with Gasteiger partial charge >= 0.3 is 12.2 Å². The van der Waals surface area contributed by atoms with Crippen LogP contribution < -0.4 is 4.74 Å². The Morgan fingerprint density at radius 1 is 1.05 bits per heavy atom. The van der Waals surface area contributed by atoms with E-state index in [9.17, 15) is 14.4 Å². The van der Waals surface area contributed by atoms with Gasteiger partial charge in [-0.1, -0.05) is 36.4 Å². The number of carbonyl (C=O) groups is 3. The van der Waals surface area contributed by atoms with Gasteiger partial charge < -0.3 is 14.4 Å². The minimum atomic E-state index is -0.653. The summed E-state index contributed by atoms with van der Waals surface area (Å²) >= 11 is 0. The average molecular weight is 601 g/mol. The molecule has 1 fully saturated rings. The van der Waals surface area contributed by atoms with E-state index in [1.54, 1.807) is 28.8 Å². The third-order valence-electron chi connectivity index (χ3n) is 8.42. The van der Waals surface area contributed by atoms with Crippen LogP contribution in [0.4, 0.5) is 9.59 Å². The van der Waals surface area contributed by atoms with Crippen molar-refractivity contribution in [2.75, 3.05) is 40.3 Å². The number of benzene rings is 2. The third kappa shape index (κ3) is 6.74. The summed E-state index contributed by atoms with van der Waals surface area (Å²) in [7, 11) is 3.94. The van der Waals surface area contributed by atoms with E-state index in [1.165, 1.54) is 4.90 Å². The lowest BCUT2D eigenvalue weighted by molar-refractivity contribution is -0.136. The molecular weight excluding hydrogens is 556 g/mol. The molecule has 0 radical (unpaired) electrons. The summed E-state index contributed by atoms with van der Waals surface area (Å²) in [5.74, 6) is -0.192. The second-order valence-corrected chi connectivity index (χ2v) is 13.1. The molecule has 234 valence electrons. The minimum absolute atomic E-state index is 0.0390. The first-order valence-electron chi connectivity index (χ1n) is 15.4. The molecule has 0 saturated carbocycles. The van der Waals surface area contributed by atoms with Crippen molar-refractivity contribution in [2.45, 2.75) is 57.6 Å². The van der Waals surface area contributed by atoms with Crippen LogP contribution in [0, 0.1) is 5.92 Å². The van der Waals surface area contributed by atoms with Crippen LogP contribution in [0.2, 0.25) is 0 Å². The number of amides is 2. The number of hydrogen-bond acceptors (Lipinski definition) is 7. The molecular formula is C35H44N4O5. The second-order valence-electron chi connectivity index (χ2n) is 13.1. The molecule has 2 aromatic carbocycles. The van der Waals surface area contributed by atoms with Crippen LogP contribution >= 0.6 is 0 Å². The summed E-state index contributed by atoms with van der Waals surface area (Å²) in [4.78, 5) is 46.5. The normalized spacial score (nSPS) is 19.8. The first-order valence-corrected chi connectivity index (χ1v) is 15.4. The fraction of sp³-hybridized carbons (Fsp3) is 0.457. The number of para-hydroxylation sites is 1. The number of aromatic nitrogens is 1. The molecule has 1 saturated heterocycles. The number of carbonyl (C=O) groups excluding carboxylic acids is 3. The highest BCUT2D eigenvalue weighted by Crippen LogP contribution is 2.46. The summed E-state index contributed by atoms with van der Waals surface area (Å²) in [5.41, 5.74) is 2.41. The Morgan fingerprint density at radius 2 is 1.80 bits per heavy atom. The zero-order valence-electron chi connectivity index (χ0n) is 26.5. The quantitative estimate of drug-likeness (QED) is 0.297. The van der Waals surface area contributed by atoms with Gasteiger partial charge in [0, 0.05) is 43.2 Å². The van der Waals surface area contributed by atoms with Gasteiger partial charge in [-0.15, -0.1) is 6.58 Å². The van der Waals surface area contributed by atoms with Crippen molar-refractivity contribution in [1.29, 1.82) is 0 Å². The molecule has 5 rings (SSSR count). The molecule has 3 atom stereocenters. The monoisotopic (exact) mass is 600 g/mol. The predicted octanol–water partition coefficient (Wildman–Crippen LogP) is 5.92. The predicted molar refractivity (Wildman–Crippen MR) is 171 cm³/mol. The molecule has 0 N–H and O–H groups in total. The summed E-state index contributed by atoms with van der Waals surface area (Å²) in [6.45, 7) is 11.7. The van der Waals surface area contributed by atoms with E-state index in [0.717, 1.165) is 35.0 Å². The van der Waals surface area contributed by atoms with Gasteiger partial charge in [-0.25, -0.2) is 14.5 Å². The van der Waals surface area contributed by atoms with Gasteiger partial charge in [-0.2, -0.15) is 0 Å². The minimum Gasteiger partial charge on any atom is -0.443 e. The maximum atomic E-state index is 14.2. The van der Waals surface area contributed by atoms with Crippen molar-refractivity contribution in [2.24, 2.45) is 5.92 Å². The Labute approximate surface area is 260 Å². The van der Waals surface area contributed by atoms with Crippen molar-refractivity contribution in [1.82, 2.24) is 19.3 Å². The maximum Gasteiger partial charge on any atom is 0.421 e. The molecule has 44 heavy (non-hydrogen) atoms. The zero-order chi connectivity index (χ0) is 31.6. The highest BCUT2D eigenvalue weighted by atomic mass is 16.6. The van der Waals surface area contributed by atoms with Crippen LogP contribution in [0.5, 0.6) is 5.75 Å². The topological polar surface area (TPSA) is 84.3 Å². The largest absolute Gasteiger partial charge is 0.443 e. The highest BCUT2D eigenvalue weighted by Gasteiger charge is 2.44. The SMILES string of the molecule is C=CCN1C[C@H](C(=O)N(CCCN(C)C)C(=O)Oc2ccccc2)C[C@@H]2c3cccc4c3c(cn4C(=O)OC(C)(C)C)C[C@H]21. The van der Waals surface area contributed by atoms with Gasteiger partial charge in [0.2, 0.25) is 5.91 Å². The second kappa shape index (κ2) is 13.0. The number of hydrogen-bond donors (Lipinski definition) is 0. The Hall–Kier alpha value is -3.95. The molecule has 3 aromatic rings.